The molecule has 5 heteroatoms. The molecule has 0 unspecified atom stereocenters. The average molecular weight is 312 g/mol. The van der Waals surface area contributed by atoms with Gasteiger partial charge in [0.1, 0.15) is 0 Å². The highest BCUT2D eigenvalue weighted by molar-refractivity contribution is 5.93. The second-order valence-electron chi connectivity index (χ2n) is 6.33. The Morgan fingerprint density at radius 1 is 1.17 bits per heavy atom. The van der Waals surface area contributed by atoms with Crippen LogP contribution in [0.15, 0.2) is 30.3 Å². The minimum Gasteiger partial charge on any atom is -0.348 e. The first-order valence-electron chi connectivity index (χ1n) is 8.49. The molecule has 0 atom stereocenters. The number of hydrogen-bond acceptors (Lipinski definition) is 3. The summed E-state index contributed by atoms with van der Waals surface area (Å²) in [5.74, 6) is -0.0892. The molecule has 0 radical (unpaired) electrons. The molecule has 1 aliphatic carbocycles. The van der Waals surface area contributed by atoms with Gasteiger partial charge in [0.15, 0.2) is 5.69 Å². The third-order valence-electron chi connectivity index (χ3n) is 4.56. The summed E-state index contributed by atoms with van der Waals surface area (Å²) in [4.78, 5) is 12.5. The summed E-state index contributed by atoms with van der Waals surface area (Å²) in [6.07, 6.45) is 7.10. The van der Waals surface area contributed by atoms with Crippen LogP contribution in [0.25, 0.3) is 0 Å². The van der Waals surface area contributed by atoms with Gasteiger partial charge in [0.05, 0.1) is 12.2 Å². The lowest BCUT2D eigenvalue weighted by atomic mass is 10.1. The van der Waals surface area contributed by atoms with E-state index in [1.807, 2.05) is 37.3 Å². The second kappa shape index (κ2) is 7.40. The van der Waals surface area contributed by atoms with E-state index in [0.717, 1.165) is 24.1 Å². The number of amides is 1. The molecule has 1 amide bonds. The van der Waals surface area contributed by atoms with Crippen LogP contribution in [0.4, 0.5) is 0 Å². The number of nitrogens with one attached hydrogen (secondary N) is 1. The Bertz CT molecular complexity index is 642. The van der Waals surface area contributed by atoms with E-state index in [-0.39, 0.29) is 11.9 Å². The van der Waals surface area contributed by atoms with Gasteiger partial charge in [0, 0.05) is 6.04 Å². The summed E-state index contributed by atoms with van der Waals surface area (Å²) in [7, 11) is 0. The lowest BCUT2D eigenvalue weighted by Gasteiger charge is -2.15. The Labute approximate surface area is 137 Å². The van der Waals surface area contributed by atoms with Crippen molar-refractivity contribution >= 4 is 5.91 Å². The molecule has 0 aliphatic heterocycles. The number of nitrogens with zero attached hydrogens (tertiary/aromatic N) is 3. The molecule has 2 aromatic rings. The number of aromatic nitrogens is 3. The standard InChI is InChI=1S/C18H24N4O/c1-14-17(18(23)19-16-11-7-2-3-8-12-16)20-21-22(14)13-15-9-5-4-6-10-15/h4-6,9-10,16H,2-3,7-8,11-13H2,1H3,(H,19,23). The van der Waals surface area contributed by atoms with Crippen LogP contribution in [-0.2, 0) is 6.54 Å². The molecule has 1 N–H and O–H groups in total. The minimum absolute atomic E-state index is 0.0892. The summed E-state index contributed by atoms with van der Waals surface area (Å²) >= 11 is 0. The lowest BCUT2D eigenvalue weighted by molar-refractivity contribution is 0.0927. The molecule has 0 spiro atoms. The number of carbonyl (C=O) groups excluding carboxylic acids is 1. The first-order valence-corrected chi connectivity index (χ1v) is 8.49. The van der Waals surface area contributed by atoms with Crippen LogP contribution in [0.5, 0.6) is 0 Å². The largest absolute Gasteiger partial charge is 0.348 e. The second-order valence-corrected chi connectivity index (χ2v) is 6.33. The quantitative estimate of drug-likeness (QED) is 0.883. The zero-order chi connectivity index (χ0) is 16.1. The van der Waals surface area contributed by atoms with Gasteiger partial charge in [-0.15, -0.1) is 5.10 Å². The van der Waals surface area contributed by atoms with E-state index in [1.165, 1.54) is 25.7 Å². The van der Waals surface area contributed by atoms with Crippen molar-refractivity contribution in [2.45, 2.75) is 58.0 Å². The maximum atomic E-state index is 12.5. The first-order chi connectivity index (χ1) is 11.2. The molecule has 1 aliphatic rings. The van der Waals surface area contributed by atoms with Gasteiger partial charge in [-0.2, -0.15) is 0 Å². The van der Waals surface area contributed by atoms with E-state index in [1.54, 1.807) is 4.68 Å². The van der Waals surface area contributed by atoms with Crippen molar-refractivity contribution in [3.05, 3.63) is 47.3 Å². The van der Waals surface area contributed by atoms with Crippen LogP contribution in [0.1, 0.15) is 60.3 Å². The zero-order valence-electron chi connectivity index (χ0n) is 13.7. The molecule has 122 valence electrons. The third-order valence-corrected chi connectivity index (χ3v) is 4.56. The highest BCUT2D eigenvalue weighted by atomic mass is 16.2. The maximum Gasteiger partial charge on any atom is 0.273 e. The fourth-order valence-corrected chi connectivity index (χ4v) is 3.15. The van der Waals surface area contributed by atoms with Crippen molar-refractivity contribution in [2.24, 2.45) is 0 Å². The van der Waals surface area contributed by atoms with Crippen molar-refractivity contribution in [2.75, 3.05) is 0 Å². The summed E-state index contributed by atoms with van der Waals surface area (Å²) in [6, 6.07) is 10.4. The van der Waals surface area contributed by atoms with Crippen LogP contribution in [0, 0.1) is 6.92 Å². The van der Waals surface area contributed by atoms with Gasteiger partial charge < -0.3 is 5.32 Å². The van der Waals surface area contributed by atoms with Gasteiger partial charge in [-0.3, -0.25) is 4.79 Å². The fraction of sp³-hybridized carbons (Fsp3) is 0.500. The van der Waals surface area contributed by atoms with E-state index in [9.17, 15) is 4.79 Å². The molecule has 1 saturated carbocycles. The summed E-state index contributed by atoms with van der Waals surface area (Å²) < 4.78 is 1.79. The van der Waals surface area contributed by atoms with Gasteiger partial charge in [0.25, 0.3) is 5.91 Å². The molecule has 1 heterocycles. The topological polar surface area (TPSA) is 59.8 Å². The van der Waals surface area contributed by atoms with Crippen molar-refractivity contribution < 1.29 is 4.79 Å². The monoisotopic (exact) mass is 312 g/mol. The molecule has 0 saturated heterocycles. The maximum absolute atomic E-state index is 12.5. The molecule has 1 aromatic carbocycles. The van der Waals surface area contributed by atoms with Crippen LogP contribution in [0.2, 0.25) is 0 Å². The summed E-state index contributed by atoms with van der Waals surface area (Å²) in [5.41, 5.74) is 2.42. The third kappa shape index (κ3) is 3.97. The Morgan fingerprint density at radius 3 is 2.57 bits per heavy atom. The van der Waals surface area contributed by atoms with Crippen molar-refractivity contribution in [1.82, 2.24) is 20.3 Å². The molecule has 1 fully saturated rings. The zero-order valence-corrected chi connectivity index (χ0v) is 13.7. The van der Waals surface area contributed by atoms with Crippen LogP contribution >= 0.6 is 0 Å². The van der Waals surface area contributed by atoms with E-state index < -0.39 is 0 Å². The fourth-order valence-electron chi connectivity index (χ4n) is 3.15. The average Bonchev–Trinajstić information content (AvgIpc) is 2.76. The van der Waals surface area contributed by atoms with Crippen LogP contribution in [-0.4, -0.2) is 26.9 Å². The molecular formula is C18H24N4O. The molecule has 1 aromatic heterocycles. The number of rotatable bonds is 4. The van der Waals surface area contributed by atoms with Crippen molar-refractivity contribution in [3.8, 4) is 0 Å². The highest BCUT2D eigenvalue weighted by Crippen LogP contribution is 2.18. The van der Waals surface area contributed by atoms with Gasteiger partial charge >= 0.3 is 0 Å². The number of hydrogen-bond donors (Lipinski definition) is 1. The van der Waals surface area contributed by atoms with E-state index in [4.69, 9.17) is 0 Å². The molecule has 23 heavy (non-hydrogen) atoms. The molecule has 0 bridgehead atoms. The van der Waals surface area contributed by atoms with E-state index in [2.05, 4.69) is 15.6 Å². The Kier molecular flexibility index (Phi) is 5.05. The molecule has 3 rings (SSSR count). The van der Waals surface area contributed by atoms with Gasteiger partial charge in [-0.1, -0.05) is 61.2 Å². The Morgan fingerprint density at radius 2 is 1.87 bits per heavy atom. The number of carbonyl (C=O) groups is 1. The molecule has 5 nitrogen and oxygen atoms in total. The Hall–Kier alpha value is -2.17. The van der Waals surface area contributed by atoms with Crippen LogP contribution < -0.4 is 5.32 Å². The highest BCUT2D eigenvalue weighted by Gasteiger charge is 2.20. The number of benzene rings is 1. The normalized spacial score (nSPS) is 16.0. The smallest absolute Gasteiger partial charge is 0.273 e. The summed E-state index contributed by atoms with van der Waals surface area (Å²) in [6.45, 7) is 2.54. The summed E-state index contributed by atoms with van der Waals surface area (Å²) in [5, 5.41) is 11.4. The van der Waals surface area contributed by atoms with E-state index >= 15 is 0 Å². The Balaban J connectivity index is 1.67. The van der Waals surface area contributed by atoms with Crippen molar-refractivity contribution in [3.63, 3.8) is 0 Å². The SMILES string of the molecule is Cc1c(C(=O)NC2CCCCCC2)nnn1Cc1ccccc1. The molecular weight excluding hydrogens is 288 g/mol. The van der Waals surface area contributed by atoms with Crippen molar-refractivity contribution in [1.29, 1.82) is 0 Å². The van der Waals surface area contributed by atoms with Gasteiger partial charge in [-0.05, 0) is 25.3 Å². The minimum atomic E-state index is -0.0892. The predicted molar refractivity (Wildman–Crippen MR) is 89.3 cm³/mol. The first kappa shape index (κ1) is 15.7. The van der Waals surface area contributed by atoms with Gasteiger partial charge in [0.2, 0.25) is 0 Å². The van der Waals surface area contributed by atoms with E-state index in [0.29, 0.717) is 12.2 Å². The lowest BCUT2D eigenvalue weighted by Crippen LogP contribution is -2.35. The van der Waals surface area contributed by atoms with Gasteiger partial charge in [-0.25, -0.2) is 4.68 Å². The predicted octanol–water partition coefficient (Wildman–Crippen LogP) is 3.09. The van der Waals surface area contributed by atoms with Crippen LogP contribution in [0.3, 0.4) is 0 Å².